The summed E-state index contributed by atoms with van der Waals surface area (Å²) in [4.78, 5) is 16.0. The number of phenolic OH excluding ortho intramolecular Hbond substituents is 1. The van der Waals surface area contributed by atoms with E-state index in [0.29, 0.717) is 37.6 Å². The van der Waals surface area contributed by atoms with Crippen molar-refractivity contribution < 1.29 is 27.8 Å². The maximum absolute atomic E-state index is 12.9. The van der Waals surface area contributed by atoms with Gasteiger partial charge in [0.1, 0.15) is 11.5 Å². The van der Waals surface area contributed by atoms with E-state index in [9.17, 15) is 23.1 Å². The summed E-state index contributed by atoms with van der Waals surface area (Å²) >= 11 is 0. The predicted octanol–water partition coefficient (Wildman–Crippen LogP) is 3.38. The highest BCUT2D eigenvalue weighted by molar-refractivity contribution is 5.97. The maximum Gasteiger partial charge on any atom is 0.416 e. The molecular weight excluding hydrogens is 361 g/mol. The van der Waals surface area contributed by atoms with Crippen LogP contribution < -0.4 is 9.64 Å². The van der Waals surface area contributed by atoms with Gasteiger partial charge in [0.2, 0.25) is 0 Å². The topological polar surface area (TPSA) is 53.0 Å². The lowest BCUT2D eigenvalue weighted by Crippen LogP contribution is -2.48. The van der Waals surface area contributed by atoms with Gasteiger partial charge in [0.15, 0.2) is 0 Å². The van der Waals surface area contributed by atoms with Crippen molar-refractivity contribution in [1.29, 1.82) is 0 Å². The van der Waals surface area contributed by atoms with E-state index in [2.05, 4.69) is 0 Å². The first-order chi connectivity index (χ1) is 12.8. The third-order valence-electron chi connectivity index (χ3n) is 4.54. The first-order valence-corrected chi connectivity index (χ1v) is 8.38. The van der Waals surface area contributed by atoms with Gasteiger partial charge in [-0.15, -0.1) is 0 Å². The van der Waals surface area contributed by atoms with E-state index in [1.807, 2.05) is 4.90 Å². The summed E-state index contributed by atoms with van der Waals surface area (Å²) in [6, 6.07) is 9.61. The molecule has 0 saturated carbocycles. The van der Waals surface area contributed by atoms with E-state index in [1.54, 1.807) is 17.0 Å². The Hall–Kier alpha value is -2.90. The minimum atomic E-state index is -4.39. The number of halogens is 3. The van der Waals surface area contributed by atoms with Gasteiger partial charge in [-0.1, -0.05) is 6.07 Å². The van der Waals surface area contributed by atoms with Crippen LogP contribution in [0.2, 0.25) is 0 Å². The highest BCUT2D eigenvalue weighted by Gasteiger charge is 2.31. The molecule has 2 aromatic carbocycles. The Labute approximate surface area is 154 Å². The van der Waals surface area contributed by atoms with Crippen LogP contribution in [-0.2, 0) is 6.18 Å². The number of aromatic hydroxyl groups is 1. The summed E-state index contributed by atoms with van der Waals surface area (Å²) < 4.78 is 43.6. The van der Waals surface area contributed by atoms with Gasteiger partial charge in [0, 0.05) is 37.9 Å². The molecule has 0 unspecified atom stereocenters. The van der Waals surface area contributed by atoms with Crippen LogP contribution in [-0.4, -0.2) is 49.2 Å². The Balaban J connectivity index is 1.68. The van der Waals surface area contributed by atoms with Crippen LogP contribution in [0, 0.1) is 0 Å². The van der Waals surface area contributed by atoms with Crippen LogP contribution in [0.3, 0.4) is 0 Å². The number of carbonyl (C=O) groups excluding carboxylic acids is 1. The number of piperazine rings is 1. The highest BCUT2D eigenvalue weighted by atomic mass is 19.4. The normalized spacial score (nSPS) is 15.0. The number of amides is 1. The molecule has 5 nitrogen and oxygen atoms in total. The lowest BCUT2D eigenvalue weighted by Gasteiger charge is -2.36. The van der Waals surface area contributed by atoms with Crippen molar-refractivity contribution >= 4 is 11.6 Å². The van der Waals surface area contributed by atoms with Crippen molar-refractivity contribution in [3.63, 3.8) is 0 Å². The second-order valence-electron chi connectivity index (χ2n) is 6.21. The zero-order valence-electron chi connectivity index (χ0n) is 14.7. The van der Waals surface area contributed by atoms with E-state index in [-0.39, 0.29) is 17.2 Å². The Kier molecular flexibility index (Phi) is 5.16. The zero-order valence-corrected chi connectivity index (χ0v) is 14.7. The number of hydrogen-bond acceptors (Lipinski definition) is 4. The summed E-state index contributed by atoms with van der Waals surface area (Å²) in [5.74, 6) is -0.0445. The lowest BCUT2D eigenvalue weighted by atomic mass is 10.1. The fourth-order valence-electron chi connectivity index (χ4n) is 3.04. The van der Waals surface area contributed by atoms with Crippen LogP contribution in [0.25, 0.3) is 0 Å². The van der Waals surface area contributed by atoms with Gasteiger partial charge in [0.25, 0.3) is 5.91 Å². The van der Waals surface area contributed by atoms with Crippen molar-refractivity contribution in [3.05, 3.63) is 53.6 Å². The molecule has 1 fully saturated rings. The minimum Gasteiger partial charge on any atom is -0.507 e. The number of hydrogen-bond donors (Lipinski definition) is 1. The van der Waals surface area contributed by atoms with Crippen LogP contribution in [0.5, 0.6) is 11.5 Å². The van der Waals surface area contributed by atoms with Crippen molar-refractivity contribution in [2.24, 2.45) is 0 Å². The maximum atomic E-state index is 12.9. The molecule has 2 aromatic rings. The van der Waals surface area contributed by atoms with Gasteiger partial charge in [-0.05, 0) is 30.3 Å². The van der Waals surface area contributed by atoms with Gasteiger partial charge in [0.05, 0.1) is 18.2 Å². The van der Waals surface area contributed by atoms with Gasteiger partial charge < -0.3 is 19.6 Å². The first kappa shape index (κ1) is 18.9. The molecule has 8 heteroatoms. The number of phenols is 1. The van der Waals surface area contributed by atoms with Crippen LogP contribution >= 0.6 is 0 Å². The molecule has 0 atom stereocenters. The molecule has 0 radical (unpaired) electrons. The molecular formula is C19H19F3N2O3. The third kappa shape index (κ3) is 4.10. The molecule has 1 saturated heterocycles. The lowest BCUT2D eigenvalue weighted by molar-refractivity contribution is -0.137. The van der Waals surface area contributed by atoms with Gasteiger partial charge >= 0.3 is 6.18 Å². The van der Waals surface area contributed by atoms with Crippen molar-refractivity contribution in [3.8, 4) is 11.5 Å². The van der Waals surface area contributed by atoms with Gasteiger partial charge in [-0.2, -0.15) is 13.2 Å². The number of ether oxygens (including phenoxy) is 1. The molecule has 1 aliphatic rings. The Morgan fingerprint density at radius 2 is 1.78 bits per heavy atom. The summed E-state index contributed by atoms with van der Waals surface area (Å²) in [7, 11) is 1.46. The Bertz CT molecular complexity index is 831. The summed E-state index contributed by atoms with van der Waals surface area (Å²) in [5, 5.41) is 10.0. The Morgan fingerprint density at radius 1 is 1.07 bits per heavy atom. The molecule has 27 heavy (non-hydrogen) atoms. The minimum absolute atomic E-state index is 0.167. The fourth-order valence-corrected chi connectivity index (χ4v) is 3.04. The second-order valence-corrected chi connectivity index (χ2v) is 6.21. The van der Waals surface area contributed by atoms with Crippen molar-refractivity contribution in [1.82, 2.24) is 4.90 Å². The van der Waals surface area contributed by atoms with Gasteiger partial charge in [-0.25, -0.2) is 0 Å². The molecule has 1 aliphatic heterocycles. The van der Waals surface area contributed by atoms with Crippen molar-refractivity contribution in [2.75, 3.05) is 38.2 Å². The van der Waals surface area contributed by atoms with E-state index < -0.39 is 11.7 Å². The van der Waals surface area contributed by atoms with Crippen LogP contribution in [0.15, 0.2) is 42.5 Å². The summed E-state index contributed by atoms with van der Waals surface area (Å²) in [5.41, 5.74) is -0.0470. The predicted molar refractivity (Wildman–Crippen MR) is 94.2 cm³/mol. The SMILES string of the molecule is COc1ccc(C(=O)N2CCN(c3cccc(C(F)(F)F)c3)CC2)c(O)c1. The Morgan fingerprint density at radius 3 is 2.37 bits per heavy atom. The summed E-state index contributed by atoms with van der Waals surface area (Å²) in [6.45, 7) is 1.51. The molecule has 144 valence electrons. The molecule has 1 amide bonds. The average Bonchev–Trinajstić information content (AvgIpc) is 2.67. The standard InChI is InChI=1S/C19H19F3N2O3/c1-27-15-5-6-16(17(25)12-15)18(26)24-9-7-23(8-10-24)14-4-2-3-13(11-14)19(20,21)22/h2-6,11-12,25H,7-10H2,1H3. The number of anilines is 1. The molecule has 0 aromatic heterocycles. The van der Waals surface area contributed by atoms with Gasteiger partial charge in [-0.3, -0.25) is 4.79 Å². The number of rotatable bonds is 3. The van der Waals surface area contributed by atoms with Crippen LogP contribution in [0.1, 0.15) is 15.9 Å². The second kappa shape index (κ2) is 7.38. The van der Waals surface area contributed by atoms with E-state index in [0.717, 1.165) is 12.1 Å². The van der Waals surface area contributed by atoms with Crippen molar-refractivity contribution in [2.45, 2.75) is 6.18 Å². The van der Waals surface area contributed by atoms with Crippen LogP contribution in [0.4, 0.5) is 18.9 Å². The molecule has 0 bridgehead atoms. The quantitative estimate of drug-likeness (QED) is 0.887. The summed E-state index contributed by atoms with van der Waals surface area (Å²) in [6.07, 6.45) is -4.39. The highest BCUT2D eigenvalue weighted by Crippen LogP contribution is 2.32. The first-order valence-electron chi connectivity index (χ1n) is 8.38. The molecule has 3 rings (SSSR count). The zero-order chi connectivity index (χ0) is 19.6. The average molecular weight is 380 g/mol. The largest absolute Gasteiger partial charge is 0.507 e. The van der Waals surface area contributed by atoms with E-state index >= 15 is 0 Å². The molecule has 0 spiro atoms. The number of benzene rings is 2. The number of methoxy groups -OCH3 is 1. The number of alkyl halides is 3. The molecule has 0 aliphatic carbocycles. The van der Waals surface area contributed by atoms with E-state index in [4.69, 9.17) is 4.74 Å². The monoisotopic (exact) mass is 380 g/mol. The third-order valence-corrected chi connectivity index (χ3v) is 4.54. The molecule has 1 heterocycles. The van der Waals surface area contributed by atoms with E-state index in [1.165, 1.54) is 25.3 Å². The fraction of sp³-hybridized carbons (Fsp3) is 0.316. The molecule has 1 N–H and O–H groups in total. The number of carbonyl (C=O) groups is 1. The smallest absolute Gasteiger partial charge is 0.416 e. The number of nitrogens with zero attached hydrogens (tertiary/aromatic N) is 2.